The van der Waals surface area contributed by atoms with Gasteiger partial charge in [0.05, 0.1) is 21.7 Å². The third-order valence-electron chi connectivity index (χ3n) is 4.53. The summed E-state index contributed by atoms with van der Waals surface area (Å²) in [5.74, 6) is -0.694. The summed E-state index contributed by atoms with van der Waals surface area (Å²) in [6.07, 6.45) is 1.07. The number of hydrogen-bond donors (Lipinski definition) is 0. The Kier molecular flexibility index (Phi) is 4.57. The number of carbonyl (C=O) groups excluding carboxylic acids is 1. The maximum absolute atomic E-state index is 12.6. The van der Waals surface area contributed by atoms with E-state index in [0.717, 1.165) is 27.9 Å². The van der Waals surface area contributed by atoms with Gasteiger partial charge < -0.3 is 4.74 Å². The second kappa shape index (κ2) is 7.05. The number of hydrogen-bond acceptors (Lipinski definition) is 5. The van der Waals surface area contributed by atoms with E-state index in [0.29, 0.717) is 5.69 Å². The minimum atomic E-state index is -3.54. The first-order chi connectivity index (χ1) is 13.4. The Labute approximate surface area is 162 Å². The lowest BCUT2D eigenvalue weighted by molar-refractivity contribution is 0.0465. The summed E-state index contributed by atoms with van der Waals surface area (Å²) in [7, 11) is -3.54. The molecule has 6 heteroatoms. The molecule has 0 amide bonds. The number of nitrogens with zero attached hydrogens (tertiary/aromatic N) is 1. The average Bonchev–Trinajstić information content (AvgIpc) is 2.71. The van der Waals surface area contributed by atoms with Gasteiger partial charge in [-0.3, -0.25) is 0 Å². The summed E-state index contributed by atoms with van der Waals surface area (Å²) in [6, 6.07) is 21.6. The van der Waals surface area contributed by atoms with Crippen molar-refractivity contribution in [3.05, 3.63) is 84.1 Å². The Hall–Kier alpha value is -3.25. The number of benzene rings is 3. The van der Waals surface area contributed by atoms with Crippen LogP contribution in [-0.4, -0.2) is 25.6 Å². The van der Waals surface area contributed by atoms with Crippen LogP contribution in [0.4, 0.5) is 0 Å². The molecule has 0 bridgehead atoms. The number of ether oxygens (including phenoxy) is 1. The number of sulfone groups is 1. The van der Waals surface area contributed by atoms with Gasteiger partial charge >= 0.3 is 5.97 Å². The monoisotopic (exact) mass is 391 g/mol. The Balaban J connectivity index is 1.71. The van der Waals surface area contributed by atoms with E-state index in [1.54, 1.807) is 12.1 Å². The van der Waals surface area contributed by atoms with Crippen LogP contribution in [0.5, 0.6) is 0 Å². The first-order valence-electron chi connectivity index (χ1n) is 8.68. The van der Waals surface area contributed by atoms with Gasteiger partial charge in [-0.1, -0.05) is 54.6 Å². The van der Waals surface area contributed by atoms with Gasteiger partial charge in [0.2, 0.25) is 0 Å². The normalized spacial score (nSPS) is 11.6. The maximum atomic E-state index is 12.6. The molecular formula is C22H17NO4S. The molecule has 5 nitrogen and oxygen atoms in total. The van der Waals surface area contributed by atoms with Crippen LogP contribution < -0.4 is 0 Å². The van der Waals surface area contributed by atoms with Crippen molar-refractivity contribution >= 4 is 37.5 Å². The van der Waals surface area contributed by atoms with Crippen molar-refractivity contribution in [1.82, 2.24) is 4.98 Å². The molecule has 28 heavy (non-hydrogen) atoms. The lowest BCUT2D eigenvalue weighted by Crippen LogP contribution is -2.12. The Morgan fingerprint density at radius 1 is 0.857 bits per heavy atom. The fourth-order valence-electron chi connectivity index (χ4n) is 3.25. The fourth-order valence-corrected chi connectivity index (χ4v) is 4.13. The average molecular weight is 391 g/mol. The molecule has 1 aromatic heterocycles. The number of rotatable bonds is 4. The van der Waals surface area contributed by atoms with Crippen molar-refractivity contribution in [1.29, 1.82) is 0 Å². The van der Waals surface area contributed by atoms with E-state index in [-0.39, 0.29) is 17.1 Å². The maximum Gasteiger partial charge on any atom is 0.339 e. The topological polar surface area (TPSA) is 73.3 Å². The zero-order valence-electron chi connectivity index (χ0n) is 15.1. The van der Waals surface area contributed by atoms with Gasteiger partial charge in [-0.25, -0.2) is 18.2 Å². The van der Waals surface area contributed by atoms with Crippen LogP contribution in [0.2, 0.25) is 0 Å². The van der Waals surface area contributed by atoms with Gasteiger partial charge in [0.25, 0.3) is 0 Å². The standard InChI is InChI=1S/C22H17NO4S/c1-28(25,26)21-13-7-5-11-18(21)22(24)27-14-20-17-10-3-2-8-15(17)16-9-4-6-12-19(16)23-20/h2-13H,14H2,1H3. The minimum absolute atomic E-state index is 0.0232. The lowest BCUT2D eigenvalue weighted by atomic mass is 10.0. The van der Waals surface area contributed by atoms with E-state index >= 15 is 0 Å². The van der Waals surface area contributed by atoms with Crippen molar-refractivity contribution in [3.63, 3.8) is 0 Å². The predicted molar refractivity (Wildman–Crippen MR) is 108 cm³/mol. The zero-order valence-corrected chi connectivity index (χ0v) is 15.9. The van der Waals surface area contributed by atoms with Crippen LogP contribution in [-0.2, 0) is 21.2 Å². The van der Waals surface area contributed by atoms with Crippen LogP contribution in [0.1, 0.15) is 16.1 Å². The Morgan fingerprint density at radius 2 is 1.46 bits per heavy atom. The largest absolute Gasteiger partial charge is 0.456 e. The molecule has 1 heterocycles. The predicted octanol–water partition coefficient (Wildman–Crippen LogP) is 4.15. The van der Waals surface area contributed by atoms with Crippen molar-refractivity contribution in [2.45, 2.75) is 11.5 Å². The lowest BCUT2D eigenvalue weighted by Gasteiger charge is -2.11. The molecule has 0 atom stereocenters. The molecule has 0 saturated carbocycles. The summed E-state index contributed by atoms with van der Waals surface area (Å²) < 4.78 is 29.3. The van der Waals surface area contributed by atoms with E-state index in [9.17, 15) is 13.2 Å². The highest BCUT2D eigenvalue weighted by Crippen LogP contribution is 2.27. The number of fused-ring (bicyclic) bond motifs is 3. The van der Waals surface area contributed by atoms with E-state index in [1.807, 2.05) is 48.5 Å². The number of aromatic nitrogens is 1. The molecule has 0 aliphatic heterocycles. The van der Waals surface area contributed by atoms with Crippen molar-refractivity contribution in [3.8, 4) is 0 Å². The van der Waals surface area contributed by atoms with Gasteiger partial charge in [0.15, 0.2) is 9.84 Å². The van der Waals surface area contributed by atoms with Crippen molar-refractivity contribution < 1.29 is 17.9 Å². The minimum Gasteiger partial charge on any atom is -0.456 e. The fraction of sp³-hybridized carbons (Fsp3) is 0.0909. The van der Waals surface area contributed by atoms with E-state index in [1.165, 1.54) is 12.1 Å². The van der Waals surface area contributed by atoms with Crippen LogP contribution in [0.3, 0.4) is 0 Å². The van der Waals surface area contributed by atoms with Crippen LogP contribution in [0.15, 0.2) is 77.7 Å². The molecule has 0 radical (unpaired) electrons. The van der Waals surface area contributed by atoms with E-state index in [4.69, 9.17) is 4.74 Å². The zero-order chi connectivity index (χ0) is 19.7. The molecule has 0 aliphatic rings. The van der Waals surface area contributed by atoms with E-state index < -0.39 is 15.8 Å². The quantitative estimate of drug-likeness (QED) is 0.386. The first-order valence-corrected chi connectivity index (χ1v) is 10.6. The molecule has 0 N–H and O–H groups in total. The Bertz CT molecular complexity index is 1310. The molecule has 0 fully saturated rings. The molecule has 4 aromatic rings. The molecule has 4 rings (SSSR count). The van der Waals surface area contributed by atoms with E-state index in [2.05, 4.69) is 4.98 Å². The third-order valence-corrected chi connectivity index (χ3v) is 5.69. The summed E-state index contributed by atoms with van der Waals surface area (Å²) in [5.41, 5.74) is 1.46. The Morgan fingerprint density at radius 3 is 2.21 bits per heavy atom. The van der Waals surface area contributed by atoms with Crippen molar-refractivity contribution in [2.24, 2.45) is 0 Å². The van der Waals surface area contributed by atoms with Gasteiger partial charge in [-0.15, -0.1) is 0 Å². The highest BCUT2D eigenvalue weighted by atomic mass is 32.2. The SMILES string of the molecule is CS(=O)(=O)c1ccccc1C(=O)OCc1nc2ccccc2c2ccccc12. The molecule has 0 spiro atoms. The molecule has 140 valence electrons. The van der Waals surface area contributed by atoms with Crippen LogP contribution in [0.25, 0.3) is 21.7 Å². The number of esters is 1. The third kappa shape index (κ3) is 3.34. The highest BCUT2D eigenvalue weighted by molar-refractivity contribution is 7.90. The van der Waals surface area contributed by atoms with Crippen LogP contribution >= 0.6 is 0 Å². The smallest absolute Gasteiger partial charge is 0.339 e. The second-order valence-electron chi connectivity index (χ2n) is 6.47. The second-order valence-corrected chi connectivity index (χ2v) is 8.45. The van der Waals surface area contributed by atoms with Gasteiger partial charge in [-0.05, 0) is 23.6 Å². The van der Waals surface area contributed by atoms with Gasteiger partial charge in [0.1, 0.15) is 6.61 Å². The summed E-state index contributed by atoms with van der Waals surface area (Å²) in [4.78, 5) is 17.2. The summed E-state index contributed by atoms with van der Waals surface area (Å²) in [5, 5.41) is 2.94. The summed E-state index contributed by atoms with van der Waals surface area (Å²) >= 11 is 0. The molecular weight excluding hydrogens is 374 g/mol. The highest BCUT2D eigenvalue weighted by Gasteiger charge is 2.20. The number of pyridine rings is 1. The summed E-state index contributed by atoms with van der Waals surface area (Å²) in [6.45, 7) is -0.0533. The molecule has 0 aliphatic carbocycles. The molecule has 0 unspecified atom stereocenters. The first kappa shape index (κ1) is 18.1. The van der Waals surface area contributed by atoms with Crippen LogP contribution in [0, 0.1) is 0 Å². The number of carbonyl (C=O) groups is 1. The molecule has 0 saturated heterocycles. The van der Waals surface area contributed by atoms with Gasteiger partial charge in [0, 0.05) is 17.0 Å². The number of para-hydroxylation sites is 1. The van der Waals surface area contributed by atoms with Gasteiger partial charge in [-0.2, -0.15) is 0 Å². The molecule has 3 aromatic carbocycles. The van der Waals surface area contributed by atoms with Crippen molar-refractivity contribution in [2.75, 3.05) is 6.26 Å².